The number of benzene rings is 1. The number of aliphatic hydroxyl groups excluding tert-OH is 1. The molecule has 0 amide bonds. The van der Waals surface area contributed by atoms with Gasteiger partial charge in [0.25, 0.3) is 0 Å². The third-order valence-corrected chi connectivity index (χ3v) is 1.29. The van der Waals surface area contributed by atoms with Crippen LogP contribution in [-0.2, 0) is 0 Å². The Morgan fingerprint density at radius 1 is 1.33 bits per heavy atom. The minimum atomic E-state index is 0. The molecule has 0 unspecified atom stereocenters. The lowest BCUT2D eigenvalue weighted by Crippen LogP contribution is -2.04. The van der Waals surface area contributed by atoms with E-state index in [1.54, 1.807) is 18.2 Å². The summed E-state index contributed by atoms with van der Waals surface area (Å²) in [5.41, 5.74) is 0.819. The van der Waals surface area contributed by atoms with Gasteiger partial charge in [-0.2, -0.15) is 0 Å². The molecule has 1 aromatic carbocycles. The zero-order valence-electron chi connectivity index (χ0n) is 6.53. The standard InChI is InChI=1S/C8H11NO2.ClH/c10-5-4-9-7-2-1-3-8(11)6-7;/h1-3,6,9-11H,4-5H2;1H. The maximum atomic E-state index is 9.01. The van der Waals surface area contributed by atoms with Crippen LogP contribution in [0.4, 0.5) is 5.69 Å². The molecule has 3 nitrogen and oxygen atoms in total. The number of anilines is 1. The molecule has 0 atom stereocenters. The van der Waals surface area contributed by atoms with Gasteiger partial charge in [-0.15, -0.1) is 12.4 Å². The van der Waals surface area contributed by atoms with E-state index in [2.05, 4.69) is 5.32 Å². The molecule has 4 heteroatoms. The lowest BCUT2D eigenvalue weighted by molar-refractivity contribution is 0.311. The van der Waals surface area contributed by atoms with Crippen LogP contribution < -0.4 is 5.32 Å². The molecule has 0 heterocycles. The molecule has 0 radical (unpaired) electrons. The van der Waals surface area contributed by atoms with Crippen molar-refractivity contribution in [2.75, 3.05) is 18.5 Å². The lowest BCUT2D eigenvalue weighted by Gasteiger charge is -2.03. The number of hydrogen-bond acceptors (Lipinski definition) is 3. The molecule has 3 N–H and O–H groups in total. The van der Waals surface area contributed by atoms with Crippen LogP contribution in [-0.4, -0.2) is 23.4 Å². The minimum absolute atomic E-state index is 0. The molecule has 12 heavy (non-hydrogen) atoms. The van der Waals surface area contributed by atoms with Gasteiger partial charge in [0.1, 0.15) is 5.75 Å². The molecular formula is C8H12ClNO2. The van der Waals surface area contributed by atoms with Gasteiger partial charge >= 0.3 is 0 Å². The topological polar surface area (TPSA) is 52.5 Å². The molecule has 0 fully saturated rings. The van der Waals surface area contributed by atoms with Crippen molar-refractivity contribution in [3.8, 4) is 5.75 Å². The first kappa shape index (κ1) is 11.1. The predicted octanol–water partition coefficient (Wildman–Crippen LogP) is 1.22. The Morgan fingerprint density at radius 2 is 2.08 bits per heavy atom. The van der Waals surface area contributed by atoms with E-state index in [1.165, 1.54) is 0 Å². The van der Waals surface area contributed by atoms with Gasteiger partial charge in [-0.25, -0.2) is 0 Å². The Bertz CT molecular complexity index is 230. The molecular weight excluding hydrogens is 178 g/mol. The first-order valence-corrected chi connectivity index (χ1v) is 3.46. The lowest BCUT2D eigenvalue weighted by atomic mass is 10.3. The van der Waals surface area contributed by atoms with Crippen LogP contribution in [0.5, 0.6) is 5.75 Å². The normalized spacial score (nSPS) is 8.75. The number of rotatable bonds is 3. The van der Waals surface area contributed by atoms with Gasteiger partial charge in [-0.3, -0.25) is 0 Å². The van der Waals surface area contributed by atoms with Crippen molar-refractivity contribution in [2.45, 2.75) is 0 Å². The second-order valence-electron chi connectivity index (χ2n) is 2.20. The van der Waals surface area contributed by atoms with Crippen LogP contribution in [0, 0.1) is 0 Å². The first-order chi connectivity index (χ1) is 5.33. The maximum absolute atomic E-state index is 9.01. The van der Waals surface area contributed by atoms with Crippen LogP contribution in [0.3, 0.4) is 0 Å². The van der Waals surface area contributed by atoms with Gasteiger partial charge < -0.3 is 15.5 Å². The third kappa shape index (κ3) is 3.46. The maximum Gasteiger partial charge on any atom is 0.117 e. The van der Waals surface area contributed by atoms with Gasteiger partial charge in [0.05, 0.1) is 6.61 Å². The minimum Gasteiger partial charge on any atom is -0.508 e. The monoisotopic (exact) mass is 189 g/mol. The summed E-state index contributed by atoms with van der Waals surface area (Å²) in [7, 11) is 0. The average molecular weight is 190 g/mol. The molecule has 0 aliphatic heterocycles. The van der Waals surface area contributed by atoms with E-state index in [-0.39, 0.29) is 24.8 Å². The summed E-state index contributed by atoms with van der Waals surface area (Å²) in [6.07, 6.45) is 0. The third-order valence-electron chi connectivity index (χ3n) is 1.29. The fourth-order valence-corrected chi connectivity index (χ4v) is 0.816. The number of aromatic hydroxyl groups is 1. The van der Waals surface area contributed by atoms with E-state index in [9.17, 15) is 0 Å². The Kier molecular flexibility index (Phi) is 5.25. The summed E-state index contributed by atoms with van der Waals surface area (Å²) in [4.78, 5) is 0. The zero-order valence-corrected chi connectivity index (χ0v) is 7.34. The number of phenols is 1. The number of halogens is 1. The Labute approximate surface area is 77.5 Å². The zero-order chi connectivity index (χ0) is 8.10. The molecule has 0 aliphatic rings. The van der Waals surface area contributed by atoms with Crippen LogP contribution in [0.25, 0.3) is 0 Å². The fraction of sp³-hybridized carbons (Fsp3) is 0.250. The van der Waals surface area contributed by atoms with Crippen LogP contribution in [0.15, 0.2) is 24.3 Å². The summed E-state index contributed by atoms with van der Waals surface area (Å²) in [6.45, 7) is 0.596. The summed E-state index contributed by atoms with van der Waals surface area (Å²) in [6, 6.07) is 6.78. The fourth-order valence-electron chi connectivity index (χ4n) is 0.816. The van der Waals surface area contributed by atoms with Crippen LogP contribution in [0.1, 0.15) is 0 Å². The largest absolute Gasteiger partial charge is 0.508 e. The van der Waals surface area contributed by atoms with E-state index in [4.69, 9.17) is 10.2 Å². The van der Waals surface area contributed by atoms with Crippen molar-refractivity contribution >= 4 is 18.1 Å². The number of aliphatic hydroxyl groups is 1. The summed E-state index contributed by atoms with van der Waals surface area (Å²) in [5.74, 6) is 0.230. The quantitative estimate of drug-likeness (QED) is 0.670. The number of nitrogens with one attached hydrogen (secondary N) is 1. The van der Waals surface area contributed by atoms with Crippen LogP contribution >= 0.6 is 12.4 Å². The molecule has 0 saturated carbocycles. The van der Waals surface area contributed by atoms with Gasteiger partial charge in [0.2, 0.25) is 0 Å². The van der Waals surface area contributed by atoms with Crippen molar-refractivity contribution < 1.29 is 10.2 Å². The average Bonchev–Trinajstić information content (AvgIpc) is 2.01. The van der Waals surface area contributed by atoms with Crippen LogP contribution in [0.2, 0.25) is 0 Å². The molecule has 0 aliphatic carbocycles. The Morgan fingerprint density at radius 3 is 2.67 bits per heavy atom. The SMILES string of the molecule is Cl.OCCNc1cccc(O)c1. The number of hydrogen-bond donors (Lipinski definition) is 3. The van der Waals surface area contributed by atoms with Crippen molar-refractivity contribution in [3.05, 3.63) is 24.3 Å². The Hall–Kier alpha value is -0.930. The van der Waals surface area contributed by atoms with E-state index < -0.39 is 0 Å². The molecule has 0 spiro atoms. The van der Waals surface area contributed by atoms with Crippen molar-refractivity contribution in [3.63, 3.8) is 0 Å². The summed E-state index contributed by atoms with van der Waals surface area (Å²) < 4.78 is 0. The highest BCUT2D eigenvalue weighted by Crippen LogP contribution is 2.14. The van der Waals surface area contributed by atoms with Crippen molar-refractivity contribution in [1.82, 2.24) is 0 Å². The molecule has 1 rings (SSSR count). The molecule has 68 valence electrons. The highest BCUT2D eigenvalue weighted by molar-refractivity contribution is 5.85. The van der Waals surface area contributed by atoms with Gasteiger partial charge in [-0.05, 0) is 12.1 Å². The van der Waals surface area contributed by atoms with E-state index in [1.807, 2.05) is 6.07 Å². The molecule has 0 aromatic heterocycles. The highest BCUT2D eigenvalue weighted by Gasteiger charge is 1.90. The second kappa shape index (κ2) is 5.69. The summed E-state index contributed by atoms with van der Waals surface area (Å²) in [5, 5.41) is 20.4. The van der Waals surface area contributed by atoms with E-state index in [0.717, 1.165) is 5.69 Å². The van der Waals surface area contributed by atoms with Gasteiger partial charge in [0, 0.05) is 18.3 Å². The van der Waals surface area contributed by atoms with E-state index >= 15 is 0 Å². The predicted molar refractivity (Wildman–Crippen MR) is 50.9 cm³/mol. The van der Waals surface area contributed by atoms with Crippen molar-refractivity contribution in [2.24, 2.45) is 0 Å². The summed E-state index contributed by atoms with van der Waals surface area (Å²) >= 11 is 0. The van der Waals surface area contributed by atoms with Gasteiger partial charge in [0.15, 0.2) is 0 Å². The first-order valence-electron chi connectivity index (χ1n) is 3.46. The molecule has 1 aromatic rings. The number of phenolic OH excluding ortho intramolecular Hbond substituents is 1. The van der Waals surface area contributed by atoms with E-state index in [0.29, 0.717) is 6.54 Å². The highest BCUT2D eigenvalue weighted by atomic mass is 35.5. The molecule has 0 saturated heterocycles. The van der Waals surface area contributed by atoms with Gasteiger partial charge in [-0.1, -0.05) is 6.07 Å². The molecule has 0 bridgehead atoms. The Balaban J connectivity index is 0.00000121. The smallest absolute Gasteiger partial charge is 0.117 e. The van der Waals surface area contributed by atoms with Crippen molar-refractivity contribution in [1.29, 1.82) is 0 Å². The second-order valence-corrected chi connectivity index (χ2v) is 2.20.